The number of aryl methyl sites for hydroxylation is 2. The highest BCUT2D eigenvalue weighted by Gasteiger charge is 2.21. The van der Waals surface area contributed by atoms with Crippen molar-refractivity contribution >= 4 is 17.0 Å². The fourth-order valence-corrected chi connectivity index (χ4v) is 2.37. The molecule has 0 saturated heterocycles. The van der Waals surface area contributed by atoms with Crippen molar-refractivity contribution in [3.8, 4) is 0 Å². The number of ether oxygens (including phenoxy) is 1. The molecule has 2 aromatic rings. The van der Waals surface area contributed by atoms with Crippen LogP contribution in [0.25, 0.3) is 11.0 Å². The number of carbonyl (C=O) groups excluding carboxylic acids is 1. The summed E-state index contributed by atoms with van der Waals surface area (Å²) in [4.78, 5) is 48.7. The van der Waals surface area contributed by atoms with Gasteiger partial charge >= 0.3 is 11.7 Å². The third-order valence-electron chi connectivity index (χ3n) is 3.50. The Morgan fingerprint density at radius 2 is 1.77 bits per heavy atom. The lowest BCUT2D eigenvalue weighted by Crippen LogP contribution is -2.41. The fraction of sp³-hybridized carbons (Fsp3) is 0.429. The van der Waals surface area contributed by atoms with E-state index in [4.69, 9.17) is 4.74 Å². The molecule has 8 nitrogen and oxygen atoms in total. The summed E-state index contributed by atoms with van der Waals surface area (Å²) in [5.41, 5.74) is -2.02. The average Bonchev–Trinajstić information content (AvgIpc) is 2.50. The maximum absolute atomic E-state index is 12.5. The molecular formula is C14H17N3O5. The molecule has 0 N–H and O–H groups in total. The van der Waals surface area contributed by atoms with Crippen LogP contribution in [0.1, 0.15) is 24.2 Å². The summed E-state index contributed by atoms with van der Waals surface area (Å²) in [7, 11) is 2.76. The van der Waals surface area contributed by atoms with Crippen molar-refractivity contribution in [2.24, 2.45) is 14.1 Å². The van der Waals surface area contributed by atoms with Crippen molar-refractivity contribution in [3.63, 3.8) is 0 Å². The van der Waals surface area contributed by atoms with Crippen LogP contribution in [0.3, 0.4) is 0 Å². The van der Waals surface area contributed by atoms with Crippen LogP contribution in [0, 0.1) is 0 Å². The minimum atomic E-state index is -0.785. The second-order valence-electron chi connectivity index (χ2n) is 4.78. The van der Waals surface area contributed by atoms with Gasteiger partial charge in [0.05, 0.1) is 6.61 Å². The Bertz CT molecular complexity index is 933. The van der Waals surface area contributed by atoms with E-state index < -0.39 is 22.6 Å². The summed E-state index contributed by atoms with van der Waals surface area (Å²) in [6.07, 6.45) is 1.32. The van der Waals surface area contributed by atoms with Gasteiger partial charge in [0.15, 0.2) is 0 Å². The van der Waals surface area contributed by atoms with E-state index in [9.17, 15) is 19.2 Å². The van der Waals surface area contributed by atoms with E-state index in [1.807, 2.05) is 0 Å². The van der Waals surface area contributed by atoms with E-state index in [0.717, 1.165) is 4.57 Å². The summed E-state index contributed by atoms with van der Waals surface area (Å²) in [5.74, 6) is -0.785. The SMILES string of the molecule is CCOC(=O)c1cn(CC)c2c(c1=O)c(=O)n(C)c(=O)n2C. The maximum Gasteiger partial charge on any atom is 0.343 e. The molecule has 8 heteroatoms. The van der Waals surface area contributed by atoms with Crippen molar-refractivity contribution in [2.45, 2.75) is 20.4 Å². The predicted octanol–water partition coefficient (Wildman–Crippen LogP) is -0.404. The molecular weight excluding hydrogens is 290 g/mol. The number of hydrogen-bond donors (Lipinski definition) is 0. The number of esters is 1. The quantitative estimate of drug-likeness (QED) is 0.719. The lowest BCUT2D eigenvalue weighted by atomic mass is 10.2. The monoisotopic (exact) mass is 307 g/mol. The number of carbonyl (C=O) groups is 1. The van der Waals surface area contributed by atoms with Crippen LogP contribution in [0.15, 0.2) is 20.6 Å². The zero-order valence-electron chi connectivity index (χ0n) is 12.9. The second-order valence-corrected chi connectivity index (χ2v) is 4.78. The Morgan fingerprint density at radius 1 is 1.14 bits per heavy atom. The zero-order chi connectivity index (χ0) is 16.6. The standard InChI is InChI=1S/C14H17N3O5/c1-5-17-7-8(13(20)22-6-2)10(18)9-11(17)15(3)14(21)16(4)12(9)19/h7H,5-6H2,1-4H3. The Morgan fingerprint density at radius 3 is 2.32 bits per heavy atom. The van der Waals surface area contributed by atoms with Gasteiger partial charge in [-0.15, -0.1) is 0 Å². The van der Waals surface area contributed by atoms with Crippen LogP contribution in [-0.2, 0) is 25.4 Å². The molecule has 0 saturated carbocycles. The van der Waals surface area contributed by atoms with E-state index in [1.54, 1.807) is 13.8 Å². The molecule has 0 aliphatic carbocycles. The first-order chi connectivity index (χ1) is 10.3. The minimum absolute atomic E-state index is 0.119. The minimum Gasteiger partial charge on any atom is -0.462 e. The van der Waals surface area contributed by atoms with Crippen LogP contribution in [-0.4, -0.2) is 26.3 Å². The summed E-state index contributed by atoms with van der Waals surface area (Å²) in [5, 5.41) is -0.197. The van der Waals surface area contributed by atoms with Gasteiger partial charge in [-0.2, -0.15) is 0 Å². The van der Waals surface area contributed by atoms with Crippen molar-refractivity contribution in [2.75, 3.05) is 6.61 Å². The molecule has 2 heterocycles. The lowest BCUT2D eigenvalue weighted by Gasteiger charge is -2.14. The molecule has 0 unspecified atom stereocenters. The Balaban J connectivity index is 3.08. The van der Waals surface area contributed by atoms with Gasteiger partial charge in [0.2, 0.25) is 5.43 Å². The Labute approximate surface area is 125 Å². The van der Waals surface area contributed by atoms with Gasteiger partial charge in [0.25, 0.3) is 5.56 Å². The number of pyridine rings is 1. The molecule has 0 atom stereocenters. The first kappa shape index (κ1) is 15.7. The van der Waals surface area contributed by atoms with Crippen LogP contribution >= 0.6 is 0 Å². The molecule has 0 aliphatic heterocycles. The molecule has 22 heavy (non-hydrogen) atoms. The first-order valence-electron chi connectivity index (χ1n) is 6.85. The average molecular weight is 307 g/mol. The van der Waals surface area contributed by atoms with Gasteiger partial charge in [0.1, 0.15) is 16.6 Å². The molecule has 0 amide bonds. The highest BCUT2D eigenvalue weighted by molar-refractivity contribution is 5.92. The van der Waals surface area contributed by atoms with Crippen LogP contribution in [0.5, 0.6) is 0 Å². The maximum atomic E-state index is 12.5. The Kier molecular flexibility index (Phi) is 4.03. The van der Waals surface area contributed by atoms with Gasteiger partial charge in [-0.25, -0.2) is 9.59 Å². The molecule has 0 aliphatic rings. The number of nitrogens with zero attached hydrogens (tertiary/aromatic N) is 3. The molecule has 0 fully saturated rings. The van der Waals surface area contributed by atoms with E-state index in [-0.39, 0.29) is 23.2 Å². The molecule has 2 aromatic heterocycles. The number of hydrogen-bond acceptors (Lipinski definition) is 5. The van der Waals surface area contributed by atoms with E-state index >= 15 is 0 Å². The highest BCUT2D eigenvalue weighted by Crippen LogP contribution is 2.07. The summed E-state index contributed by atoms with van der Waals surface area (Å²) in [6, 6.07) is 0. The lowest BCUT2D eigenvalue weighted by molar-refractivity contribution is 0.0524. The van der Waals surface area contributed by atoms with Gasteiger partial charge in [-0.3, -0.25) is 18.7 Å². The summed E-state index contributed by atoms with van der Waals surface area (Å²) >= 11 is 0. The normalized spacial score (nSPS) is 10.9. The molecule has 118 valence electrons. The van der Waals surface area contributed by atoms with Gasteiger partial charge in [-0.05, 0) is 13.8 Å². The highest BCUT2D eigenvalue weighted by atomic mass is 16.5. The predicted molar refractivity (Wildman–Crippen MR) is 80.3 cm³/mol. The molecule has 0 spiro atoms. The number of aromatic nitrogens is 3. The van der Waals surface area contributed by atoms with Crippen molar-refractivity contribution < 1.29 is 9.53 Å². The second kappa shape index (κ2) is 5.63. The van der Waals surface area contributed by atoms with Crippen molar-refractivity contribution in [1.29, 1.82) is 0 Å². The summed E-state index contributed by atoms with van der Waals surface area (Å²) < 4.78 is 8.44. The van der Waals surface area contributed by atoms with E-state index in [0.29, 0.717) is 6.54 Å². The van der Waals surface area contributed by atoms with Crippen molar-refractivity contribution in [1.82, 2.24) is 13.7 Å². The molecule has 0 bridgehead atoms. The third kappa shape index (κ3) is 2.16. The van der Waals surface area contributed by atoms with Crippen LogP contribution in [0.4, 0.5) is 0 Å². The molecule has 2 rings (SSSR count). The smallest absolute Gasteiger partial charge is 0.343 e. The fourth-order valence-electron chi connectivity index (χ4n) is 2.37. The molecule has 0 radical (unpaired) electrons. The molecule has 0 aromatic carbocycles. The summed E-state index contributed by atoms with van der Waals surface area (Å²) in [6.45, 7) is 3.90. The Hall–Kier alpha value is -2.64. The van der Waals surface area contributed by atoms with E-state index in [2.05, 4.69) is 0 Å². The van der Waals surface area contributed by atoms with Gasteiger partial charge in [-0.1, -0.05) is 0 Å². The topological polar surface area (TPSA) is 92.3 Å². The van der Waals surface area contributed by atoms with Crippen molar-refractivity contribution in [3.05, 3.63) is 42.8 Å². The number of rotatable bonds is 3. The number of fused-ring (bicyclic) bond motifs is 1. The third-order valence-corrected chi connectivity index (χ3v) is 3.50. The van der Waals surface area contributed by atoms with Gasteiger partial charge in [0, 0.05) is 26.8 Å². The largest absolute Gasteiger partial charge is 0.462 e. The van der Waals surface area contributed by atoms with E-state index in [1.165, 1.54) is 29.4 Å². The van der Waals surface area contributed by atoms with Crippen LogP contribution in [0.2, 0.25) is 0 Å². The first-order valence-corrected chi connectivity index (χ1v) is 6.85. The van der Waals surface area contributed by atoms with Gasteiger partial charge < -0.3 is 9.30 Å². The van der Waals surface area contributed by atoms with Crippen LogP contribution < -0.4 is 16.7 Å². The zero-order valence-corrected chi connectivity index (χ0v) is 12.9.